The van der Waals surface area contributed by atoms with Gasteiger partial charge in [0.05, 0.1) is 17.2 Å². The molecule has 2 aromatic carbocycles. The summed E-state index contributed by atoms with van der Waals surface area (Å²) >= 11 is 3.35. The average molecular weight is 315 g/mol. The van der Waals surface area contributed by atoms with E-state index in [1.54, 1.807) is 18.2 Å². The fourth-order valence-electron chi connectivity index (χ4n) is 1.62. The first-order chi connectivity index (χ1) is 9.20. The number of rotatable bonds is 3. The third-order valence-corrected chi connectivity index (χ3v) is 3.35. The van der Waals surface area contributed by atoms with Gasteiger partial charge in [-0.15, -0.1) is 0 Å². The maximum atomic E-state index is 12.0. The lowest BCUT2D eigenvalue weighted by Crippen LogP contribution is -2.23. The van der Waals surface area contributed by atoms with Gasteiger partial charge < -0.3 is 5.32 Å². The second-order valence-corrected chi connectivity index (χ2v) is 4.83. The highest BCUT2D eigenvalue weighted by molar-refractivity contribution is 9.10. The van der Waals surface area contributed by atoms with Gasteiger partial charge in [-0.25, -0.2) is 0 Å². The highest BCUT2D eigenvalue weighted by Gasteiger charge is 2.08. The lowest BCUT2D eigenvalue weighted by Gasteiger charge is -2.06. The van der Waals surface area contributed by atoms with Gasteiger partial charge in [0.25, 0.3) is 5.91 Å². The van der Waals surface area contributed by atoms with Crippen LogP contribution in [-0.4, -0.2) is 5.91 Å². The van der Waals surface area contributed by atoms with Gasteiger partial charge in [-0.05, 0) is 45.8 Å². The Balaban J connectivity index is 2.01. The Morgan fingerprint density at radius 2 is 1.84 bits per heavy atom. The van der Waals surface area contributed by atoms with E-state index in [-0.39, 0.29) is 5.91 Å². The van der Waals surface area contributed by atoms with Crippen molar-refractivity contribution in [1.29, 1.82) is 5.26 Å². The predicted molar refractivity (Wildman–Crippen MR) is 76.5 cm³/mol. The van der Waals surface area contributed by atoms with Crippen LogP contribution in [0.3, 0.4) is 0 Å². The van der Waals surface area contributed by atoms with Crippen molar-refractivity contribution < 1.29 is 4.79 Å². The number of nitrogens with zero attached hydrogens (tertiary/aromatic N) is 1. The number of nitriles is 1. The molecule has 0 saturated heterocycles. The molecule has 0 fully saturated rings. The number of carbonyl (C=O) groups is 1. The van der Waals surface area contributed by atoms with Crippen LogP contribution in [-0.2, 0) is 6.54 Å². The topological polar surface area (TPSA) is 52.9 Å². The average Bonchev–Trinajstić information content (AvgIpc) is 2.46. The van der Waals surface area contributed by atoms with E-state index >= 15 is 0 Å². The van der Waals surface area contributed by atoms with Gasteiger partial charge >= 0.3 is 0 Å². The predicted octanol–water partition coefficient (Wildman–Crippen LogP) is 3.25. The largest absolute Gasteiger partial charge is 0.348 e. The number of benzene rings is 2. The van der Waals surface area contributed by atoms with Crippen molar-refractivity contribution in [2.24, 2.45) is 0 Å². The molecule has 4 heteroatoms. The Hall–Kier alpha value is -2.12. The van der Waals surface area contributed by atoms with Gasteiger partial charge in [-0.1, -0.05) is 24.3 Å². The molecule has 19 heavy (non-hydrogen) atoms. The van der Waals surface area contributed by atoms with Crippen molar-refractivity contribution in [2.45, 2.75) is 6.54 Å². The number of carbonyl (C=O) groups excluding carboxylic acids is 1. The van der Waals surface area contributed by atoms with Crippen LogP contribution in [0.15, 0.2) is 53.0 Å². The summed E-state index contributed by atoms with van der Waals surface area (Å²) in [7, 11) is 0. The zero-order valence-electron chi connectivity index (χ0n) is 10.1. The summed E-state index contributed by atoms with van der Waals surface area (Å²) in [6.45, 7) is 0.436. The van der Waals surface area contributed by atoms with Crippen molar-refractivity contribution >= 4 is 21.8 Å². The molecule has 1 amide bonds. The summed E-state index contributed by atoms with van der Waals surface area (Å²) < 4.78 is 0.771. The van der Waals surface area contributed by atoms with Crippen LogP contribution in [0.4, 0.5) is 0 Å². The second kappa shape index (κ2) is 6.17. The third-order valence-electron chi connectivity index (χ3n) is 2.65. The molecule has 94 valence electrons. The normalized spacial score (nSPS) is 9.68. The molecule has 0 atom stereocenters. The fourth-order valence-corrected chi connectivity index (χ4v) is 2.08. The minimum absolute atomic E-state index is 0.128. The maximum absolute atomic E-state index is 12.0. The van der Waals surface area contributed by atoms with Crippen molar-refractivity contribution in [3.05, 3.63) is 69.7 Å². The molecular formula is C15H11BrN2O. The molecule has 0 aliphatic heterocycles. The van der Waals surface area contributed by atoms with Crippen LogP contribution >= 0.6 is 15.9 Å². The summed E-state index contributed by atoms with van der Waals surface area (Å²) in [6, 6.07) is 16.5. The van der Waals surface area contributed by atoms with Crippen LogP contribution in [0, 0.1) is 11.3 Å². The zero-order valence-corrected chi connectivity index (χ0v) is 11.6. The van der Waals surface area contributed by atoms with Gasteiger partial charge in [-0.2, -0.15) is 5.26 Å². The molecule has 0 aromatic heterocycles. The second-order valence-electron chi connectivity index (χ2n) is 3.97. The van der Waals surface area contributed by atoms with E-state index in [1.807, 2.05) is 30.3 Å². The van der Waals surface area contributed by atoms with E-state index in [2.05, 4.69) is 27.3 Å². The quantitative estimate of drug-likeness (QED) is 0.945. The summed E-state index contributed by atoms with van der Waals surface area (Å²) in [5.74, 6) is -0.128. The van der Waals surface area contributed by atoms with Gasteiger partial charge in [-0.3, -0.25) is 4.79 Å². The Kier molecular flexibility index (Phi) is 4.32. The van der Waals surface area contributed by atoms with Gasteiger partial charge in [0.2, 0.25) is 0 Å². The van der Waals surface area contributed by atoms with E-state index in [0.29, 0.717) is 17.7 Å². The maximum Gasteiger partial charge on any atom is 0.252 e. The standard InChI is InChI=1S/C15H11BrN2O/c16-14-4-2-1-3-13(14)15(19)18-10-12-7-5-11(9-17)6-8-12/h1-8H,10H2,(H,18,19). The molecule has 0 aliphatic rings. The first-order valence-electron chi connectivity index (χ1n) is 5.72. The summed E-state index contributed by atoms with van der Waals surface area (Å²) in [6.07, 6.45) is 0. The Bertz CT molecular complexity index is 629. The minimum Gasteiger partial charge on any atom is -0.348 e. The zero-order chi connectivity index (χ0) is 13.7. The molecule has 0 radical (unpaired) electrons. The highest BCUT2D eigenvalue weighted by atomic mass is 79.9. The molecule has 1 N–H and O–H groups in total. The van der Waals surface area contributed by atoms with Gasteiger partial charge in [0, 0.05) is 11.0 Å². The highest BCUT2D eigenvalue weighted by Crippen LogP contribution is 2.15. The van der Waals surface area contributed by atoms with E-state index < -0.39 is 0 Å². The molecule has 0 aliphatic carbocycles. The molecule has 0 unspecified atom stereocenters. The number of hydrogen-bond donors (Lipinski definition) is 1. The van der Waals surface area contributed by atoms with E-state index in [1.165, 1.54) is 0 Å². The smallest absolute Gasteiger partial charge is 0.252 e. The van der Waals surface area contributed by atoms with E-state index in [0.717, 1.165) is 10.0 Å². The number of hydrogen-bond acceptors (Lipinski definition) is 2. The Morgan fingerprint density at radius 3 is 2.47 bits per heavy atom. The lowest BCUT2D eigenvalue weighted by atomic mass is 10.1. The Labute approximate surface area is 120 Å². The lowest BCUT2D eigenvalue weighted by molar-refractivity contribution is 0.0950. The molecule has 3 nitrogen and oxygen atoms in total. The first kappa shape index (κ1) is 13.3. The summed E-state index contributed by atoms with van der Waals surface area (Å²) in [4.78, 5) is 12.0. The van der Waals surface area contributed by atoms with Crippen LogP contribution in [0.25, 0.3) is 0 Å². The first-order valence-corrected chi connectivity index (χ1v) is 6.52. The summed E-state index contributed by atoms with van der Waals surface area (Å²) in [5.41, 5.74) is 2.18. The van der Waals surface area contributed by atoms with Crippen LogP contribution in [0.2, 0.25) is 0 Å². The van der Waals surface area contributed by atoms with E-state index in [4.69, 9.17) is 5.26 Å². The van der Waals surface area contributed by atoms with Crippen molar-refractivity contribution in [3.63, 3.8) is 0 Å². The Morgan fingerprint density at radius 1 is 1.16 bits per heavy atom. The van der Waals surface area contributed by atoms with Crippen molar-refractivity contribution in [1.82, 2.24) is 5.32 Å². The molecule has 0 bridgehead atoms. The van der Waals surface area contributed by atoms with Crippen LogP contribution in [0.5, 0.6) is 0 Å². The monoisotopic (exact) mass is 314 g/mol. The van der Waals surface area contributed by atoms with E-state index in [9.17, 15) is 4.79 Å². The van der Waals surface area contributed by atoms with Crippen molar-refractivity contribution in [2.75, 3.05) is 0 Å². The molecule has 0 spiro atoms. The number of nitrogens with one attached hydrogen (secondary N) is 1. The minimum atomic E-state index is -0.128. The number of amides is 1. The molecule has 2 aromatic rings. The molecular weight excluding hydrogens is 304 g/mol. The number of halogens is 1. The van der Waals surface area contributed by atoms with Gasteiger partial charge in [0.15, 0.2) is 0 Å². The summed E-state index contributed by atoms with van der Waals surface area (Å²) in [5, 5.41) is 11.5. The fraction of sp³-hybridized carbons (Fsp3) is 0.0667. The van der Waals surface area contributed by atoms with Gasteiger partial charge in [0.1, 0.15) is 0 Å². The van der Waals surface area contributed by atoms with Crippen LogP contribution < -0.4 is 5.32 Å². The molecule has 2 rings (SSSR count). The molecule has 0 saturated carbocycles. The molecule has 0 heterocycles. The van der Waals surface area contributed by atoms with Crippen LogP contribution in [0.1, 0.15) is 21.5 Å². The third kappa shape index (κ3) is 3.43. The SMILES string of the molecule is N#Cc1ccc(CNC(=O)c2ccccc2Br)cc1. The van der Waals surface area contributed by atoms with Crippen molar-refractivity contribution in [3.8, 4) is 6.07 Å².